The summed E-state index contributed by atoms with van der Waals surface area (Å²) in [6.45, 7) is 0.247. The molecule has 9 N–H and O–H groups in total. The largest absolute Gasteiger partial charge is 0.388 e. The van der Waals surface area contributed by atoms with E-state index in [1.807, 2.05) is 0 Å². The standard InChI is InChI=1S/C19H25N9O3/c1-28-9-11(7-14(28)19(31)23-5-4-15(20)21)26-18(30)13-6-10(8-24-13)25-17(29)12-2-3-16(22)27-12/h6-9,12,24H,2-5H2,1H3,(H3,20,21)(H2,22,27)(H,23,31)(H,25,29)(H,26,30)/t12-/m1/s1. The number of nitrogens with two attached hydrogens (primary N) is 2. The Morgan fingerprint density at radius 1 is 1.26 bits per heavy atom. The molecule has 1 atom stereocenters. The number of nitrogens with one attached hydrogen (secondary N) is 5. The topological polar surface area (TPSA) is 196 Å². The van der Waals surface area contributed by atoms with Gasteiger partial charge >= 0.3 is 0 Å². The Hall–Kier alpha value is -4.09. The summed E-state index contributed by atoms with van der Waals surface area (Å²) in [7, 11) is 1.68. The zero-order valence-electron chi connectivity index (χ0n) is 17.0. The van der Waals surface area contributed by atoms with E-state index in [-0.39, 0.29) is 36.3 Å². The van der Waals surface area contributed by atoms with E-state index in [1.54, 1.807) is 17.8 Å². The third-order valence-electron chi connectivity index (χ3n) is 4.67. The highest BCUT2D eigenvalue weighted by molar-refractivity contribution is 6.05. The minimum Gasteiger partial charge on any atom is -0.388 e. The molecule has 2 aromatic heterocycles. The number of carbonyl (C=O) groups excluding carboxylic acids is 3. The van der Waals surface area contributed by atoms with E-state index >= 15 is 0 Å². The average molecular weight is 427 g/mol. The van der Waals surface area contributed by atoms with E-state index in [2.05, 4.69) is 25.9 Å². The fourth-order valence-corrected chi connectivity index (χ4v) is 3.09. The van der Waals surface area contributed by atoms with Gasteiger partial charge in [0, 0.05) is 38.8 Å². The molecular formula is C19H25N9O3. The summed E-state index contributed by atoms with van der Waals surface area (Å²) >= 11 is 0. The number of hydrogen-bond donors (Lipinski definition) is 7. The third-order valence-corrected chi connectivity index (χ3v) is 4.67. The van der Waals surface area contributed by atoms with Crippen LogP contribution in [0.5, 0.6) is 0 Å². The first kappa shape index (κ1) is 21.6. The van der Waals surface area contributed by atoms with E-state index in [1.165, 1.54) is 18.3 Å². The molecule has 164 valence electrons. The lowest BCUT2D eigenvalue weighted by Crippen LogP contribution is -2.28. The Kier molecular flexibility index (Phi) is 6.38. The van der Waals surface area contributed by atoms with Crippen molar-refractivity contribution in [3.05, 3.63) is 35.9 Å². The van der Waals surface area contributed by atoms with E-state index in [9.17, 15) is 14.4 Å². The number of aromatic amines is 1. The van der Waals surface area contributed by atoms with Crippen molar-refractivity contribution in [1.29, 1.82) is 5.41 Å². The number of aromatic nitrogens is 2. The molecule has 0 fully saturated rings. The molecule has 0 aromatic carbocycles. The van der Waals surface area contributed by atoms with Gasteiger partial charge in [0.1, 0.15) is 17.4 Å². The normalized spacial score (nSPS) is 15.3. The van der Waals surface area contributed by atoms with Crippen molar-refractivity contribution in [2.24, 2.45) is 23.5 Å². The quantitative estimate of drug-likeness (QED) is 0.231. The van der Waals surface area contributed by atoms with Gasteiger partial charge in [-0.15, -0.1) is 0 Å². The summed E-state index contributed by atoms with van der Waals surface area (Å²) in [4.78, 5) is 43.8. The van der Waals surface area contributed by atoms with Crippen LogP contribution >= 0.6 is 0 Å². The van der Waals surface area contributed by atoms with Gasteiger partial charge in [-0.05, 0) is 18.6 Å². The van der Waals surface area contributed by atoms with Crippen molar-refractivity contribution < 1.29 is 14.4 Å². The van der Waals surface area contributed by atoms with Gasteiger partial charge in [0.05, 0.1) is 23.0 Å². The van der Waals surface area contributed by atoms with Crippen LogP contribution in [0, 0.1) is 5.41 Å². The Labute approximate surface area is 178 Å². The highest BCUT2D eigenvalue weighted by atomic mass is 16.2. The molecule has 12 nitrogen and oxygen atoms in total. The number of aryl methyl sites for hydroxylation is 1. The van der Waals surface area contributed by atoms with Crippen molar-refractivity contribution in [2.75, 3.05) is 17.2 Å². The lowest BCUT2D eigenvalue weighted by Gasteiger charge is -2.06. The molecule has 12 heteroatoms. The van der Waals surface area contributed by atoms with Crippen molar-refractivity contribution in [3.63, 3.8) is 0 Å². The third kappa shape index (κ3) is 5.50. The lowest BCUT2D eigenvalue weighted by atomic mass is 10.2. The maximum absolute atomic E-state index is 12.5. The van der Waals surface area contributed by atoms with Crippen LogP contribution in [0.4, 0.5) is 11.4 Å². The molecule has 1 aliphatic heterocycles. The highest BCUT2D eigenvalue weighted by Gasteiger charge is 2.23. The maximum atomic E-state index is 12.5. The van der Waals surface area contributed by atoms with Gasteiger partial charge < -0.3 is 37.0 Å². The van der Waals surface area contributed by atoms with Crippen molar-refractivity contribution in [3.8, 4) is 0 Å². The number of nitrogens with zero attached hydrogens (tertiary/aromatic N) is 2. The number of hydrogen-bond acceptors (Lipinski definition) is 6. The maximum Gasteiger partial charge on any atom is 0.272 e. The molecule has 3 rings (SSSR count). The number of amides is 3. The molecule has 0 bridgehead atoms. The first-order valence-corrected chi connectivity index (χ1v) is 9.63. The number of anilines is 2. The number of carbonyl (C=O) groups is 3. The lowest BCUT2D eigenvalue weighted by molar-refractivity contribution is -0.117. The molecule has 0 saturated carbocycles. The fourth-order valence-electron chi connectivity index (χ4n) is 3.09. The van der Waals surface area contributed by atoms with E-state index in [0.717, 1.165) is 0 Å². The van der Waals surface area contributed by atoms with Crippen LogP contribution in [-0.2, 0) is 11.8 Å². The molecule has 31 heavy (non-hydrogen) atoms. The zero-order chi connectivity index (χ0) is 22.5. The Balaban J connectivity index is 1.58. The number of H-pyrrole nitrogens is 1. The molecule has 0 spiro atoms. The van der Waals surface area contributed by atoms with Gasteiger partial charge in [-0.1, -0.05) is 0 Å². The van der Waals surface area contributed by atoms with Gasteiger partial charge in [-0.2, -0.15) is 0 Å². The van der Waals surface area contributed by atoms with Crippen LogP contribution in [0.25, 0.3) is 0 Å². The first-order valence-electron chi connectivity index (χ1n) is 9.63. The second-order valence-corrected chi connectivity index (χ2v) is 7.18. The Morgan fingerprint density at radius 3 is 2.71 bits per heavy atom. The monoisotopic (exact) mass is 427 g/mol. The molecular weight excluding hydrogens is 402 g/mol. The predicted molar refractivity (Wildman–Crippen MR) is 116 cm³/mol. The van der Waals surface area contributed by atoms with Gasteiger partial charge in [0.15, 0.2) is 0 Å². The molecule has 2 aromatic rings. The van der Waals surface area contributed by atoms with Crippen LogP contribution < -0.4 is 27.4 Å². The summed E-state index contributed by atoms with van der Waals surface area (Å²) in [5.41, 5.74) is 12.3. The van der Waals surface area contributed by atoms with E-state index in [4.69, 9.17) is 16.9 Å². The van der Waals surface area contributed by atoms with Gasteiger partial charge in [0.25, 0.3) is 11.8 Å². The fraction of sp³-hybridized carbons (Fsp3) is 0.316. The number of aliphatic imine (C=N–C) groups is 1. The average Bonchev–Trinajstić information content (AvgIpc) is 3.41. The van der Waals surface area contributed by atoms with Crippen LogP contribution in [-0.4, -0.2) is 51.5 Å². The summed E-state index contributed by atoms with van der Waals surface area (Å²) in [6.07, 6.45) is 4.52. The molecule has 3 amide bonds. The highest BCUT2D eigenvalue weighted by Crippen LogP contribution is 2.17. The minimum atomic E-state index is -0.517. The van der Waals surface area contributed by atoms with Crippen molar-refractivity contribution in [1.82, 2.24) is 14.9 Å². The minimum absolute atomic E-state index is 0.0123. The second-order valence-electron chi connectivity index (χ2n) is 7.18. The molecule has 0 aliphatic carbocycles. The van der Waals surface area contributed by atoms with Crippen LogP contribution in [0.2, 0.25) is 0 Å². The van der Waals surface area contributed by atoms with Gasteiger partial charge in [-0.3, -0.25) is 24.8 Å². The Morgan fingerprint density at radius 2 is 2.03 bits per heavy atom. The molecule has 3 heterocycles. The van der Waals surface area contributed by atoms with Crippen LogP contribution in [0.3, 0.4) is 0 Å². The van der Waals surface area contributed by atoms with Crippen LogP contribution in [0.1, 0.15) is 40.2 Å². The predicted octanol–water partition coefficient (Wildman–Crippen LogP) is 0.119. The molecule has 0 unspecified atom stereocenters. The molecule has 0 saturated heterocycles. The Bertz CT molecular complexity index is 1050. The molecule has 0 radical (unpaired) electrons. The van der Waals surface area contributed by atoms with E-state index in [0.29, 0.717) is 35.7 Å². The molecule has 1 aliphatic rings. The zero-order valence-corrected chi connectivity index (χ0v) is 17.0. The number of amidine groups is 2. The summed E-state index contributed by atoms with van der Waals surface area (Å²) in [6, 6.07) is 2.53. The van der Waals surface area contributed by atoms with Crippen molar-refractivity contribution in [2.45, 2.75) is 25.3 Å². The first-order chi connectivity index (χ1) is 14.7. The van der Waals surface area contributed by atoms with Crippen LogP contribution in [0.15, 0.2) is 29.5 Å². The summed E-state index contributed by atoms with van der Waals surface area (Å²) in [5, 5.41) is 15.2. The summed E-state index contributed by atoms with van der Waals surface area (Å²) < 4.78 is 1.58. The van der Waals surface area contributed by atoms with E-state index < -0.39 is 11.9 Å². The summed E-state index contributed by atoms with van der Waals surface area (Å²) in [5.74, 6) is -0.609. The smallest absolute Gasteiger partial charge is 0.272 e. The van der Waals surface area contributed by atoms with Crippen molar-refractivity contribution >= 4 is 40.8 Å². The van der Waals surface area contributed by atoms with Gasteiger partial charge in [-0.25, -0.2) is 0 Å². The second kappa shape index (κ2) is 9.15. The SMILES string of the molecule is Cn1cc(NC(=O)c2cc(NC(=O)[C@H]3CCC(N)=N3)c[nH]2)cc1C(=O)NCCC(=N)N. The number of rotatable bonds is 8. The van der Waals surface area contributed by atoms with Gasteiger partial charge in [0.2, 0.25) is 5.91 Å².